The van der Waals surface area contributed by atoms with Crippen LogP contribution in [0.5, 0.6) is 0 Å². The first-order valence-corrected chi connectivity index (χ1v) is 8.01. The summed E-state index contributed by atoms with van der Waals surface area (Å²) in [6.07, 6.45) is 0. The van der Waals surface area contributed by atoms with E-state index in [9.17, 15) is 17.6 Å². The van der Waals surface area contributed by atoms with Crippen molar-refractivity contribution in [2.45, 2.75) is 18.7 Å². The van der Waals surface area contributed by atoms with Crippen molar-refractivity contribution in [1.82, 2.24) is 9.62 Å². The first-order chi connectivity index (χ1) is 9.31. The fourth-order valence-corrected chi connectivity index (χ4v) is 3.98. The molecule has 0 aromatic heterocycles. The van der Waals surface area contributed by atoms with Crippen molar-refractivity contribution < 1.29 is 17.6 Å². The van der Waals surface area contributed by atoms with Gasteiger partial charge in [-0.15, -0.1) is 0 Å². The van der Waals surface area contributed by atoms with Crippen LogP contribution in [0.4, 0.5) is 4.39 Å². The van der Waals surface area contributed by atoms with Gasteiger partial charge in [0.1, 0.15) is 11.9 Å². The summed E-state index contributed by atoms with van der Waals surface area (Å²) in [6.45, 7) is 2.04. The number of halogens is 2. The highest BCUT2D eigenvalue weighted by molar-refractivity contribution is 7.88. The summed E-state index contributed by atoms with van der Waals surface area (Å²) < 4.78 is 38.8. The Bertz CT molecular complexity index is 636. The fourth-order valence-electron chi connectivity index (χ4n) is 2.06. The maximum Gasteiger partial charge on any atom is 0.238 e. The van der Waals surface area contributed by atoms with Gasteiger partial charge < -0.3 is 5.32 Å². The summed E-state index contributed by atoms with van der Waals surface area (Å²) in [7, 11) is -3.66. The topological polar surface area (TPSA) is 66.5 Å². The maximum absolute atomic E-state index is 13.1. The van der Waals surface area contributed by atoms with E-state index in [4.69, 9.17) is 11.6 Å². The van der Waals surface area contributed by atoms with E-state index >= 15 is 0 Å². The van der Waals surface area contributed by atoms with Crippen LogP contribution in [0.3, 0.4) is 0 Å². The number of carbonyl (C=O) groups is 1. The zero-order chi connectivity index (χ0) is 14.9. The summed E-state index contributed by atoms with van der Waals surface area (Å²) in [4.78, 5) is 11.5. The van der Waals surface area contributed by atoms with Gasteiger partial charge in [0.2, 0.25) is 15.9 Å². The predicted molar refractivity (Wildman–Crippen MR) is 73.2 cm³/mol. The van der Waals surface area contributed by atoms with Crippen molar-refractivity contribution in [1.29, 1.82) is 0 Å². The van der Waals surface area contributed by atoms with Crippen LogP contribution in [0.15, 0.2) is 18.2 Å². The van der Waals surface area contributed by atoms with Gasteiger partial charge in [-0.1, -0.05) is 17.7 Å². The molecule has 1 N–H and O–H groups in total. The molecular weight excluding hydrogens is 307 g/mol. The maximum atomic E-state index is 13.1. The number of amides is 1. The average molecular weight is 321 g/mol. The third-order valence-corrected chi connectivity index (χ3v) is 5.33. The number of hydrogen-bond acceptors (Lipinski definition) is 3. The second kappa shape index (κ2) is 5.67. The van der Waals surface area contributed by atoms with E-state index in [2.05, 4.69) is 5.32 Å². The Morgan fingerprint density at radius 3 is 2.85 bits per heavy atom. The van der Waals surface area contributed by atoms with Crippen molar-refractivity contribution >= 4 is 27.5 Å². The highest BCUT2D eigenvalue weighted by Gasteiger charge is 2.34. The van der Waals surface area contributed by atoms with Crippen LogP contribution in [0.2, 0.25) is 5.02 Å². The van der Waals surface area contributed by atoms with Crippen LogP contribution < -0.4 is 5.32 Å². The predicted octanol–water partition coefficient (Wildman–Crippen LogP) is 1.13. The second-order valence-electron chi connectivity index (χ2n) is 4.58. The summed E-state index contributed by atoms with van der Waals surface area (Å²) in [5.74, 6) is -1.24. The Kier molecular flexibility index (Phi) is 4.31. The molecule has 1 aliphatic heterocycles. The van der Waals surface area contributed by atoms with Gasteiger partial charge in [0.05, 0.1) is 10.8 Å². The largest absolute Gasteiger partial charge is 0.353 e. The normalized spacial score (nSPS) is 20.8. The van der Waals surface area contributed by atoms with Crippen LogP contribution in [0.25, 0.3) is 0 Å². The van der Waals surface area contributed by atoms with E-state index in [-0.39, 0.29) is 29.8 Å². The van der Waals surface area contributed by atoms with Gasteiger partial charge in [0.15, 0.2) is 0 Å². The molecule has 110 valence electrons. The third-order valence-electron chi connectivity index (χ3n) is 3.13. The van der Waals surface area contributed by atoms with Crippen molar-refractivity contribution in [3.63, 3.8) is 0 Å². The third kappa shape index (κ3) is 3.11. The quantitative estimate of drug-likeness (QED) is 0.908. The average Bonchev–Trinajstić information content (AvgIpc) is 2.36. The number of benzene rings is 1. The van der Waals surface area contributed by atoms with Gasteiger partial charge in [-0.3, -0.25) is 4.79 Å². The lowest BCUT2D eigenvalue weighted by Crippen LogP contribution is -2.55. The number of nitrogens with one attached hydrogen (secondary N) is 1. The summed E-state index contributed by atoms with van der Waals surface area (Å²) in [6, 6.07) is 3.03. The summed E-state index contributed by atoms with van der Waals surface area (Å²) in [5.41, 5.74) is 0.384. The Labute approximate surface area is 121 Å². The number of piperazine rings is 1. The molecular formula is C12H14ClFN2O3S. The molecule has 1 heterocycles. The molecule has 1 aromatic rings. The van der Waals surface area contributed by atoms with E-state index in [0.29, 0.717) is 5.56 Å². The molecule has 0 bridgehead atoms. The van der Waals surface area contributed by atoms with Gasteiger partial charge in [-0.25, -0.2) is 12.8 Å². The van der Waals surface area contributed by atoms with Gasteiger partial charge in [0.25, 0.3) is 0 Å². The number of carbonyl (C=O) groups excluding carboxylic acids is 1. The standard InChI is InChI=1S/C12H14ClFN2O3S/c1-8-12(17)15-4-5-16(8)20(18,19)7-9-2-3-11(14)10(13)6-9/h2-3,6,8H,4-5,7H2,1H3,(H,15,17)/t8-/m1/s1. The minimum absolute atomic E-state index is 0.123. The van der Waals surface area contributed by atoms with E-state index in [1.807, 2.05) is 0 Å². The molecule has 0 spiro atoms. The lowest BCUT2D eigenvalue weighted by molar-refractivity contribution is -0.126. The van der Waals surface area contributed by atoms with Gasteiger partial charge in [-0.2, -0.15) is 4.31 Å². The first kappa shape index (κ1) is 15.2. The zero-order valence-electron chi connectivity index (χ0n) is 10.8. The minimum Gasteiger partial charge on any atom is -0.353 e. The van der Waals surface area contributed by atoms with Crippen molar-refractivity contribution in [3.8, 4) is 0 Å². The van der Waals surface area contributed by atoms with E-state index in [1.165, 1.54) is 19.1 Å². The number of rotatable bonds is 3. The van der Waals surface area contributed by atoms with Crippen molar-refractivity contribution in [2.75, 3.05) is 13.1 Å². The molecule has 0 aliphatic carbocycles. The van der Waals surface area contributed by atoms with Crippen LogP contribution in [0, 0.1) is 5.82 Å². The Hall–Kier alpha value is -1.18. The molecule has 5 nitrogen and oxygen atoms in total. The van der Waals surface area contributed by atoms with Gasteiger partial charge in [0, 0.05) is 13.1 Å². The Morgan fingerprint density at radius 2 is 2.20 bits per heavy atom. The Balaban J connectivity index is 2.22. The van der Waals surface area contributed by atoms with E-state index in [1.54, 1.807) is 0 Å². The Morgan fingerprint density at radius 1 is 1.50 bits per heavy atom. The molecule has 2 rings (SSSR count). The van der Waals surface area contributed by atoms with Crippen LogP contribution in [-0.2, 0) is 20.6 Å². The smallest absolute Gasteiger partial charge is 0.238 e. The zero-order valence-corrected chi connectivity index (χ0v) is 12.3. The van der Waals surface area contributed by atoms with E-state index < -0.39 is 21.9 Å². The highest BCUT2D eigenvalue weighted by Crippen LogP contribution is 2.20. The molecule has 20 heavy (non-hydrogen) atoms. The minimum atomic E-state index is -3.66. The number of nitrogens with zero attached hydrogens (tertiary/aromatic N) is 1. The molecule has 0 saturated carbocycles. The van der Waals surface area contributed by atoms with Crippen LogP contribution >= 0.6 is 11.6 Å². The molecule has 1 fully saturated rings. The first-order valence-electron chi connectivity index (χ1n) is 6.02. The summed E-state index contributed by atoms with van der Waals surface area (Å²) >= 11 is 5.63. The molecule has 1 amide bonds. The van der Waals surface area contributed by atoms with Crippen LogP contribution in [0.1, 0.15) is 12.5 Å². The van der Waals surface area contributed by atoms with Gasteiger partial charge in [-0.05, 0) is 24.6 Å². The van der Waals surface area contributed by atoms with Gasteiger partial charge >= 0.3 is 0 Å². The molecule has 0 radical (unpaired) electrons. The fraction of sp³-hybridized carbons (Fsp3) is 0.417. The van der Waals surface area contributed by atoms with Crippen molar-refractivity contribution in [3.05, 3.63) is 34.6 Å². The summed E-state index contributed by atoms with van der Waals surface area (Å²) in [5, 5.41) is 2.48. The molecule has 0 unspecified atom stereocenters. The number of sulfonamides is 1. The van der Waals surface area contributed by atoms with Crippen LogP contribution in [-0.4, -0.2) is 37.8 Å². The molecule has 1 saturated heterocycles. The lowest BCUT2D eigenvalue weighted by Gasteiger charge is -2.31. The van der Waals surface area contributed by atoms with Crippen molar-refractivity contribution in [2.24, 2.45) is 0 Å². The molecule has 1 atom stereocenters. The monoisotopic (exact) mass is 320 g/mol. The molecule has 1 aromatic carbocycles. The highest BCUT2D eigenvalue weighted by atomic mass is 35.5. The molecule has 1 aliphatic rings. The SMILES string of the molecule is C[C@@H]1C(=O)NCCN1S(=O)(=O)Cc1ccc(F)c(Cl)c1. The molecule has 8 heteroatoms. The van der Waals surface area contributed by atoms with E-state index in [0.717, 1.165) is 10.4 Å². The lowest BCUT2D eigenvalue weighted by atomic mass is 10.2. The number of hydrogen-bond donors (Lipinski definition) is 1. The second-order valence-corrected chi connectivity index (χ2v) is 6.91.